The minimum absolute atomic E-state index is 0.0426. The Labute approximate surface area is 168 Å². The van der Waals surface area contributed by atoms with Crippen LogP contribution in [0, 0.1) is 6.92 Å². The van der Waals surface area contributed by atoms with Crippen molar-refractivity contribution in [2.45, 2.75) is 38.1 Å². The predicted molar refractivity (Wildman–Crippen MR) is 110 cm³/mol. The second-order valence-corrected chi connectivity index (χ2v) is 8.01. The van der Waals surface area contributed by atoms with E-state index in [1.54, 1.807) is 23.1 Å². The van der Waals surface area contributed by atoms with Crippen molar-refractivity contribution < 1.29 is 9.59 Å². The molecule has 0 aliphatic carbocycles. The van der Waals surface area contributed by atoms with Gasteiger partial charge in [-0.05, 0) is 62.9 Å². The maximum Gasteiger partial charge on any atom is 0.254 e. The molecule has 0 radical (unpaired) electrons. The van der Waals surface area contributed by atoms with Crippen LogP contribution in [-0.2, 0) is 4.79 Å². The zero-order valence-corrected chi connectivity index (χ0v) is 16.4. The summed E-state index contributed by atoms with van der Waals surface area (Å²) >= 11 is 0. The monoisotopic (exact) mass is 389 g/mol. The molecule has 1 atom stereocenters. The molecular weight excluding hydrogens is 366 g/mol. The summed E-state index contributed by atoms with van der Waals surface area (Å²) in [5, 5.41) is 10.7. The number of amides is 2. The van der Waals surface area contributed by atoms with Gasteiger partial charge in [0.15, 0.2) is 0 Å². The van der Waals surface area contributed by atoms with Crippen molar-refractivity contribution in [3.05, 3.63) is 53.6 Å². The lowest BCUT2D eigenvalue weighted by molar-refractivity contribution is -0.130. The molecule has 0 bridgehead atoms. The quantitative estimate of drug-likeness (QED) is 0.730. The molecule has 1 spiro atoms. The fraction of sp³-hybridized carbons (Fsp3) is 0.364. The van der Waals surface area contributed by atoms with Crippen LogP contribution < -0.4 is 4.90 Å². The number of nitrogens with one attached hydrogen (secondary N) is 1. The fourth-order valence-electron chi connectivity index (χ4n) is 4.75. The second-order valence-electron chi connectivity index (χ2n) is 8.01. The van der Waals surface area contributed by atoms with E-state index in [0.29, 0.717) is 37.0 Å². The molecule has 1 N–H and O–H groups in total. The summed E-state index contributed by atoms with van der Waals surface area (Å²) in [6, 6.07) is 13.3. The third-order valence-corrected chi connectivity index (χ3v) is 6.26. The van der Waals surface area contributed by atoms with Crippen molar-refractivity contribution in [2.24, 2.45) is 0 Å². The van der Waals surface area contributed by atoms with Gasteiger partial charge in [0.25, 0.3) is 11.8 Å². The highest BCUT2D eigenvalue weighted by molar-refractivity contribution is 6.06. The number of piperidine rings is 1. The van der Waals surface area contributed by atoms with Crippen LogP contribution in [-0.4, -0.2) is 50.8 Å². The Bertz CT molecular complexity index is 1090. The van der Waals surface area contributed by atoms with Crippen LogP contribution in [0.25, 0.3) is 11.0 Å². The molecule has 2 saturated heterocycles. The summed E-state index contributed by atoms with van der Waals surface area (Å²) in [5.74, 6) is -0.0625. The van der Waals surface area contributed by atoms with Crippen LogP contribution >= 0.6 is 0 Å². The maximum absolute atomic E-state index is 13.7. The Morgan fingerprint density at radius 3 is 2.52 bits per heavy atom. The molecule has 2 amide bonds. The molecule has 1 unspecified atom stereocenters. The van der Waals surface area contributed by atoms with Gasteiger partial charge in [-0.15, -0.1) is 0 Å². The first-order valence-corrected chi connectivity index (χ1v) is 10.1. The lowest BCUT2D eigenvalue weighted by atomic mass is 9.84. The zero-order valence-electron chi connectivity index (χ0n) is 16.4. The van der Waals surface area contributed by atoms with E-state index in [-0.39, 0.29) is 11.8 Å². The minimum atomic E-state index is -0.751. The number of nitrogens with zero attached hydrogens (tertiary/aromatic N) is 4. The molecule has 0 saturated carbocycles. The van der Waals surface area contributed by atoms with Gasteiger partial charge in [-0.1, -0.05) is 17.7 Å². The van der Waals surface area contributed by atoms with Gasteiger partial charge < -0.3 is 9.80 Å². The lowest BCUT2D eigenvalue weighted by Crippen LogP contribution is -2.61. The highest BCUT2D eigenvalue weighted by atomic mass is 16.2. The summed E-state index contributed by atoms with van der Waals surface area (Å²) in [5.41, 5.74) is 3.24. The number of hydrogen-bond acceptors (Lipinski definition) is 4. The Morgan fingerprint density at radius 2 is 1.72 bits per heavy atom. The number of aryl methyl sites for hydroxylation is 1. The van der Waals surface area contributed by atoms with E-state index in [0.717, 1.165) is 29.6 Å². The van der Waals surface area contributed by atoms with Crippen LogP contribution in [0.3, 0.4) is 0 Å². The van der Waals surface area contributed by atoms with Crippen molar-refractivity contribution in [3.63, 3.8) is 0 Å². The average molecular weight is 389 g/mol. The van der Waals surface area contributed by atoms with Crippen molar-refractivity contribution >= 4 is 28.5 Å². The highest BCUT2D eigenvalue weighted by Crippen LogP contribution is 2.40. The van der Waals surface area contributed by atoms with Crippen LogP contribution in [0.5, 0.6) is 0 Å². The number of H-pyrrole nitrogens is 1. The maximum atomic E-state index is 13.7. The topological polar surface area (TPSA) is 82.2 Å². The van der Waals surface area contributed by atoms with E-state index < -0.39 is 5.54 Å². The number of carbonyl (C=O) groups is 2. The third-order valence-electron chi connectivity index (χ3n) is 6.26. The van der Waals surface area contributed by atoms with Crippen molar-refractivity contribution in [1.82, 2.24) is 20.3 Å². The lowest BCUT2D eigenvalue weighted by Gasteiger charge is -2.44. The molecule has 29 heavy (non-hydrogen) atoms. The molecule has 2 aliphatic heterocycles. The molecule has 2 aliphatic rings. The molecular formula is C22H23N5O2. The van der Waals surface area contributed by atoms with Gasteiger partial charge in [-0.3, -0.25) is 9.59 Å². The molecule has 148 valence electrons. The van der Waals surface area contributed by atoms with Gasteiger partial charge in [-0.2, -0.15) is 15.4 Å². The van der Waals surface area contributed by atoms with Crippen LogP contribution in [0.2, 0.25) is 0 Å². The first-order valence-electron chi connectivity index (χ1n) is 10.1. The van der Waals surface area contributed by atoms with Crippen molar-refractivity contribution in [2.75, 3.05) is 18.0 Å². The van der Waals surface area contributed by atoms with Gasteiger partial charge in [0, 0.05) is 24.3 Å². The van der Waals surface area contributed by atoms with Crippen LogP contribution in [0.15, 0.2) is 42.5 Å². The van der Waals surface area contributed by atoms with Crippen molar-refractivity contribution in [3.8, 4) is 0 Å². The van der Waals surface area contributed by atoms with Crippen LogP contribution in [0.4, 0.5) is 5.69 Å². The molecule has 7 heteroatoms. The van der Waals surface area contributed by atoms with E-state index in [1.807, 2.05) is 36.1 Å². The van der Waals surface area contributed by atoms with Crippen molar-refractivity contribution in [1.29, 1.82) is 0 Å². The molecule has 3 aromatic rings. The molecule has 2 fully saturated rings. The van der Waals surface area contributed by atoms with E-state index in [2.05, 4.69) is 15.4 Å². The number of likely N-dealkylation sites (tertiary alicyclic amines) is 1. The number of rotatable bonds is 2. The third kappa shape index (κ3) is 2.80. The summed E-state index contributed by atoms with van der Waals surface area (Å²) < 4.78 is 0. The van der Waals surface area contributed by atoms with Crippen LogP contribution in [0.1, 0.15) is 41.6 Å². The summed E-state index contributed by atoms with van der Waals surface area (Å²) in [4.78, 5) is 30.7. The number of aromatic amines is 1. The van der Waals surface area contributed by atoms with Gasteiger partial charge in [0.05, 0.1) is 0 Å². The SMILES string of the molecule is Cc1ccc(N2CCCC3(CCCN3C(=O)c3ccc4n[nH]nc4c3)C2=O)cc1. The highest BCUT2D eigenvalue weighted by Gasteiger charge is 2.53. The van der Waals surface area contributed by atoms with Gasteiger partial charge in [-0.25, -0.2) is 0 Å². The fourth-order valence-corrected chi connectivity index (χ4v) is 4.75. The number of aromatic nitrogens is 3. The minimum Gasteiger partial charge on any atom is -0.324 e. The second kappa shape index (κ2) is 6.69. The number of benzene rings is 2. The largest absolute Gasteiger partial charge is 0.324 e. The van der Waals surface area contributed by atoms with Gasteiger partial charge >= 0.3 is 0 Å². The Morgan fingerprint density at radius 1 is 1.00 bits per heavy atom. The summed E-state index contributed by atoms with van der Waals surface area (Å²) in [6.45, 7) is 3.33. The first kappa shape index (κ1) is 17.8. The molecule has 7 nitrogen and oxygen atoms in total. The number of carbonyl (C=O) groups excluding carboxylic acids is 2. The zero-order chi connectivity index (χ0) is 20.0. The Balaban J connectivity index is 1.48. The van der Waals surface area contributed by atoms with Gasteiger partial charge in [0.2, 0.25) is 0 Å². The predicted octanol–water partition coefficient (Wildman–Crippen LogP) is 3.07. The van der Waals surface area contributed by atoms with E-state index >= 15 is 0 Å². The van der Waals surface area contributed by atoms with Gasteiger partial charge in [0.1, 0.15) is 16.6 Å². The molecule has 5 rings (SSSR count). The summed E-state index contributed by atoms with van der Waals surface area (Å²) in [7, 11) is 0. The first-order chi connectivity index (χ1) is 14.1. The molecule has 2 aromatic carbocycles. The number of fused-ring (bicyclic) bond motifs is 1. The molecule has 3 heterocycles. The normalized spacial score (nSPS) is 22.0. The van der Waals surface area contributed by atoms with E-state index in [9.17, 15) is 9.59 Å². The summed E-state index contributed by atoms with van der Waals surface area (Å²) in [6.07, 6.45) is 3.15. The molecule has 1 aromatic heterocycles. The Hall–Kier alpha value is -3.22. The number of anilines is 1. The standard InChI is InChI=1S/C22H23N5O2/c1-15-4-7-17(8-5-15)26-12-2-10-22(21(26)29)11-3-13-27(22)20(28)16-6-9-18-19(14-16)24-25-23-18/h4-9,14H,2-3,10-13H2,1H3,(H,23,24,25). The average Bonchev–Trinajstić information content (AvgIpc) is 3.37. The van der Waals surface area contributed by atoms with E-state index in [1.165, 1.54) is 0 Å². The smallest absolute Gasteiger partial charge is 0.254 e. The van der Waals surface area contributed by atoms with E-state index in [4.69, 9.17) is 0 Å². The number of hydrogen-bond donors (Lipinski definition) is 1. The Kier molecular flexibility index (Phi) is 4.12.